The van der Waals surface area contributed by atoms with Crippen molar-refractivity contribution in [2.24, 2.45) is 0 Å². The van der Waals surface area contributed by atoms with E-state index < -0.39 is 5.54 Å². The molecule has 0 spiro atoms. The van der Waals surface area contributed by atoms with Crippen molar-refractivity contribution in [1.82, 2.24) is 5.06 Å². The first-order valence-electron chi connectivity index (χ1n) is 6.64. The summed E-state index contributed by atoms with van der Waals surface area (Å²) in [5.74, 6) is 0.858. The molecule has 1 aromatic rings. The van der Waals surface area contributed by atoms with E-state index in [0.29, 0.717) is 6.61 Å². The monoisotopic (exact) mass is 261 g/mol. The molecule has 0 saturated heterocycles. The lowest BCUT2D eigenvalue weighted by Gasteiger charge is -2.36. The summed E-state index contributed by atoms with van der Waals surface area (Å²) in [5, 5.41) is 11.6. The molecule has 1 aromatic carbocycles. The third-order valence-electron chi connectivity index (χ3n) is 3.80. The Bertz CT molecular complexity index is 486. The standard InChI is InChI=1S/C16H23NO2/c1-12-6-8-14(9-7-12)19-11-13-10-15(2,3)17(18)16(13,4)5/h6-10,18H,11H2,1-5H3. The van der Waals surface area contributed by atoms with Gasteiger partial charge in [-0.1, -0.05) is 23.8 Å². The molecule has 2 rings (SSSR count). The largest absolute Gasteiger partial charge is 0.489 e. The SMILES string of the molecule is Cc1ccc(OCC2=CC(C)(C)N(O)C2(C)C)cc1. The number of hydroxylamine groups is 2. The number of ether oxygens (including phenoxy) is 1. The predicted octanol–water partition coefficient (Wildman–Crippen LogP) is 3.56. The Hall–Kier alpha value is -1.32. The molecule has 0 fully saturated rings. The van der Waals surface area contributed by atoms with Crippen LogP contribution in [0.5, 0.6) is 5.75 Å². The summed E-state index contributed by atoms with van der Waals surface area (Å²) in [5.41, 5.74) is 1.57. The number of hydrogen-bond donors (Lipinski definition) is 1. The molecule has 0 aromatic heterocycles. The van der Waals surface area contributed by atoms with Gasteiger partial charge in [0, 0.05) is 0 Å². The van der Waals surface area contributed by atoms with Crippen molar-refractivity contribution in [2.75, 3.05) is 6.61 Å². The van der Waals surface area contributed by atoms with Crippen molar-refractivity contribution >= 4 is 0 Å². The number of hydrogen-bond acceptors (Lipinski definition) is 3. The van der Waals surface area contributed by atoms with Gasteiger partial charge in [-0.3, -0.25) is 0 Å². The fourth-order valence-electron chi connectivity index (χ4n) is 2.53. The first-order chi connectivity index (χ1) is 8.73. The number of benzene rings is 1. The van der Waals surface area contributed by atoms with Crippen LogP contribution in [0.3, 0.4) is 0 Å². The van der Waals surface area contributed by atoms with Crippen LogP contribution in [0.15, 0.2) is 35.9 Å². The molecule has 0 unspecified atom stereocenters. The average Bonchev–Trinajstić information content (AvgIpc) is 2.49. The van der Waals surface area contributed by atoms with Gasteiger partial charge in [0.15, 0.2) is 0 Å². The van der Waals surface area contributed by atoms with Crippen LogP contribution in [0.2, 0.25) is 0 Å². The summed E-state index contributed by atoms with van der Waals surface area (Å²) < 4.78 is 5.82. The molecule has 0 atom stereocenters. The zero-order valence-electron chi connectivity index (χ0n) is 12.4. The van der Waals surface area contributed by atoms with Crippen LogP contribution in [0.25, 0.3) is 0 Å². The zero-order chi connectivity index (χ0) is 14.3. The predicted molar refractivity (Wildman–Crippen MR) is 76.5 cm³/mol. The Morgan fingerprint density at radius 1 is 1.11 bits per heavy atom. The lowest BCUT2D eigenvalue weighted by atomic mass is 9.97. The van der Waals surface area contributed by atoms with Crippen molar-refractivity contribution in [3.63, 3.8) is 0 Å². The lowest BCUT2D eigenvalue weighted by molar-refractivity contribution is -0.185. The van der Waals surface area contributed by atoms with Crippen LogP contribution in [-0.2, 0) is 0 Å². The van der Waals surface area contributed by atoms with Gasteiger partial charge in [-0.15, -0.1) is 0 Å². The smallest absolute Gasteiger partial charge is 0.119 e. The number of nitrogens with zero attached hydrogens (tertiary/aromatic N) is 1. The second kappa shape index (κ2) is 4.66. The summed E-state index contributed by atoms with van der Waals surface area (Å²) in [7, 11) is 0. The van der Waals surface area contributed by atoms with E-state index in [4.69, 9.17) is 4.74 Å². The van der Waals surface area contributed by atoms with Crippen molar-refractivity contribution in [3.8, 4) is 5.75 Å². The third kappa shape index (κ3) is 2.67. The van der Waals surface area contributed by atoms with Crippen LogP contribution < -0.4 is 4.74 Å². The van der Waals surface area contributed by atoms with Gasteiger partial charge in [-0.2, -0.15) is 5.06 Å². The van der Waals surface area contributed by atoms with Crippen LogP contribution in [0.4, 0.5) is 0 Å². The highest BCUT2D eigenvalue weighted by atomic mass is 16.5. The van der Waals surface area contributed by atoms with E-state index in [2.05, 4.69) is 13.0 Å². The molecule has 3 nitrogen and oxygen atoms in total. The molecule has 0 saturated carbocycles. The van der Waals surface area contributed by atoms with Crippen molar-refractivity contribution in [1.29, 1.82) is 0 Å². The Morgan fingerprint density at radius 2 is 1.68 bits per heavy atom. The summed E-state index contributed by atoms with van der Waals surface area (Å²) in [4.78, 5) is 0. The highest BCUT2D eigenvalue weighted by Crippen LogP contribution is 2.38. The molecule has 19 heavy (non-hydrogen) atoms. The molecule has 1 aliphatic rings. The lowest BCUT2D eigenvalue weighted by Crippen LogP contribution is -2.48. The molecule has 0 amide bonds. The van der Waals surface area contributed by atoms with Crippen molar-refractivity contribution in [3.05, 3.63) is 41.5 Å². The van der Waals surface area contributed by atoms with E-state index in [1.807, 2.05) is 52.0 Å². The summed E-state index contributed by atoms with van der Waals surface area (Å²) in [6.45, 7) is 10.6. The Morgan fingerprint density at radius 3 is 2.16 bits per heavy atom. The Balaban J connectivity index is 2.09. The first kappa shape index (κ1) is 14.1. The van der Waals surface area contributed by atoms with Gasteiger partial charge in [0.1, 0.15) is 12.4 Å². The molecular formula is C16H23NO2. The number of aryl methyl sites for hydroxylation is 1. The van der Waals surface area contributed by atoms with Gasteiger partial charge in [-0.05, 0) is 52.3 Å². The summed E-state index contributed by atoms with van der Waals surface area (Å²) >= 11 is 0. The van der Waals surface area contributed by atoms with E-state index in [9.17, 15) is 5.21 Å². The maximum Gasteiger partial charge on any atom is 0.119 e. The van der Waals surface area contributed by atoms with Crippen LogP contribution in [0, 0.1) is 6.92 Å². The van der Waals surface area contributed by atoms with E-state index in [1.54, 1.807) is 0 Å². The molecule has 0 radical (unpaired) electrons. The minimum atomic E-state index is -0.395. The van der Waals surface area contributed by atoms with Crippen molar-refractivity contribution < 1.29 is 9.94 Å². The van der Waals surface area contributed by atoms with Crippen LogP contribution in [-0.4, -0.2) is 28.0 Å². The van der Waals surface area contributed by atoms with Crippen molar-refractivity contribution in [2.45, 2.75) is 45.7 Å². The second-order valence-corrected chi connectivity index (χ2v) is 6.30. The molecule has 1 N–H and O–H groups in total. The summed E-state index contributed by atoms with van der Waals surface area (Å²) in [6, 6.07) is 8.01. The van der Waals surface area contributed by atoms with Gasteiger partial charge >= 0.3 is 0 Å². The molecule has 1 heterocycles. The topological polar surface area (TPSA) is 32.7 Å². The number of rotatable bonds is 3. The summed E-state index contributed by atoms with van der Waals surface area (Å²) in [6.07, 6.45) is 2.08. The molecule has 0 bridgehead atoms. The van der Waals surface area contributed by atoms with E-state index in [0.717, 1.165) is 11.3 Å². The Labute approximate surface area is 115 Å². The normalized spacial score (nSPS) is 21.3. The van der Waals surface area contributed by atoms with Crippen LogP contribution in [0.1, 0.15) is 33.3 Å². The third-order valence-corrected chi connectivity index (χ3v) is 3.80. The molecule has 1 aliphatic heterocycles. The minimum absolute atomic E-state index is 0.352. The van der Waals surface area contributed by atoms with Crippen LogP contribution >= 0.6 is 0 Å². The van der Waals surface area contributed by atoms with E-state index in [-0.39, 0.29) is 5.54 Å². The van der Waals surface area contributed by atoms with E-state index in [1.165, 1.54) is 10.6 Å². The van der Waals surface area contributed by atoms with Gasteiger partial charge < -0.3 is 9.94 Å². The fourth-order valence-corrected chi connectivity index (χ4v) is 2.53. The molecule has 104 valence electrons. The second-order valence-electron chi connectivity index (χ2n) is 6.30. The highest BCUT2D eigenvalue weighted by molar-refractivity contribution is 5.32. The molecular weight excluding hydrogens is 238 g/mol. The van der Waals surface area contributed by atoms with Gasteiger partial charge in [0.25, 0.3) is 0 Å². The maximum absolute atomic E-state index is 10.2. The molecule has 3 heteroatoms. The fraction of sp³-hybridized carbons (Fsp3) is 0.500. The minimum Gasteiger partial charge on any atom is -0.489 e. The quantitative estimate of drug-likeness (QED) is 0.844. The van der Waals surface area contributed by atoms with Gasteiger partial charge in [0.2, 0.25) is 0 Å². The zero-order valence-corrected chi connectivity index (χ0v) is 12.4. The average molecular weight is 261 g/mol. The molecule has 0 aliphatic carbocycles. The first-order valence-corrected chi connectivity index (χ1v) is 6.64. The van der Waals surface area contributed by atoms with E-state index >= 15 is 0 Å². The van der Waals surface area contributed by atoms with Gasteiger partial charge in [0.05, 0.1) is 11.1 Å². The maximum atomic E-state index is 10.2. The van der Waals surface area contributed by atoms with Gasteiger partial charge in [-0.25, -0.2) is 0 Å². The Kier molecular flexibility index (Phi) is 3.45. The highest BCUT2D eigenvalue weighted by Gasteiger charge is 2.45.